The van der Waals surface area contributed by atoms with E-state index in [2.05, 4.69) is 0 Å². The van der Waals surface area contributed by atoms with Gasteiger partial charge in [-0.15, -0.1) is 0 Å². The predicted molar refractivity (Wildman–Crippen MR) is 92.4 cm³/mol. The number of ketones is 1. The smallest absolute Gasteiger partial charge is 0.167 e. The van der Waals surface area contributed by atoms with Crippen molar-refractivity contribution < 1.29 is 18.7 Å². The maximum atomic E-state index is 12.5. The first-order valence-electron chi connectivity index (χ1n) is 7.83. The second kappa shape index (κ2) is 8.87. The first-order chi connectivity index (χ1) is 11.7. The number of hydrogen-bond donors (Lipinski definition) is 0. The number of ether oxygens (including phenoxy) is 2. The van der Waals surface area contributed by atoms with Gasteiger partial charge in [0.25, 0.3) is 0 Å². The predicted octanol–water partition coefficient (Wildman–Crippen LogP) is 4.76. The van der Waals surface area contributed by atoms with Crippen LogP contribution in [0.3, 0.4) is 0 Å². The number of halogens is 1. The Morgan fingerprint density at radius 2 is 1.67 bits per heavy atom. The van der Waals surface area contributed by atoms with E-state index in [0.717, 1.165) is 11.3 Å². The molecule has 0 saturated carbocycles. The molecular weight excluding hydrogens is 307 g/mol. The van der Waals surface area contributed by atoms with Gasteiger partial charge in [0.05, 0.1) is 13.4 Å². The van der Waals surface area contributed by atoms with Gasteiger partial charge < -0.3 is 9.47 Å². The van der Waals surface area contributed by atoms with Gasteiger partial charge in [0.2, 0.25) is 0 Å². The van der Waals surface area contributed by atoms with Crippen LogP contribution in [0.2, 0.25) is 0 Å². The minimum absolute atomic E-state index is 0.0321. The first kappa shape index (κ1) is 17.7. The number of benzene rings is 2. The summed E-state index contributed by atoms with van der Waals surface area (Å²) in [7, 11) is 1.61. The van der Waals surface area contributed by atoms with Gasteiger partial charge in [0.15, 0.2) is 5.78 Å². The van der Waals surface area contributed by atoms with Gasteiger partial charge in [-0.25, -0.2) is 4.39 Å². The molecule has 2 rings (SSSR count). The van der Waals surface area contributed by atoms with Crippen LogP contribution in [-0.4, -0.2) is 19.5 Å². The van der Waals surface area contributed by atoms with Crippen molar-refractivity contribution in [3.05, 3.63) is 71.6 Å². The fourth-order valence-electron chi connectivity index (χ4n) is 2.15. The van der Waals surface area contributed by atoms with Crippen molar-refractivity contribution in [3.8, 4) is 11.5 Å². The van der Waals surface area contributed by atoms with E-state index in [1.807, 2.05) is 31.2 Å². The van der Waals surface area contributed by atoms with Gasteiger partial charge in [0, 0.05) is 12.0 Å². The molecule has 0 amide bonds. The summed E-state index contributed by atoms with van der Waals surface area (Å²) in [6, 6.07) is 14.3. The van der Waals surface area contributed by atoms with Crippen LogP contribution >= 0.6 is 0 Å². The fraction of sp³-hybridized carbons (Fsp3) is 0.250. The number of carbonyl (C=O) groups is 1. The molecule has 0 unspecified atom stereocenters. The molecule has 2 aromatic carbocycles. The molecule has 0 bridgehead atoms. The lowest BCUT2D eigenvalue weighted by atomic mass is 10.0. The minimum atomic E-state index is 0.0321. The summed E-state index contributed by atoms with van der Waals surface area (Å²) in [5.74, 6) is 1.41. The number of Topliss-reactive ketones (excluding diaryl/α,β-unsaturated/α-hetero) is 1. The van der Waals surface area contributed by atoms with E-state index in [9.17, 15) is 9.18 Å². The van der Waals surface area contributed by atoms with Crippen molar-refractivity contribution in [1.29, 1.82) is 0 Å². The molecule has 0 spiro atoms. The Hall–Kier alpha value is -2.62. The maximum absolute atomic E-state index is 12.5. The van der Waals surface area contributed by atoms with E-state index in [4.69, 9.17) is 9.47 Å². The third-order valence-corrected chi connectivity index (χ3v) is 3.73. The van der Waals surface area contributed by atoms with Crippen molar-refractivity contribution in [2.24, 2.45) is 0 Å². The summed E-state index contributed by atoms with van der Waals surface area (Å²) in [6.45, 7) is 2.09. The minimum Gasteiger partial charge on any atom is -0.497 e. The number of hydrogen-bond acceptors (Lipinski definition) is 3. The zero-order chi connectivity index (χ0) is 17.4. The van der Waals surface area contributed by atoms with Crippen LogP contribution in [0, 0.1) is 0 Å². The Morgan fingerprint density at radius 3 is 2.21 bits per heavy atom. The highest BCUT2D eigenvalue weighted by Gasteiger charge is 2.08. The SMILES string of the molecule is CCC(=CF)COc1ccc(C(=O)Cc2ccc(OC)cc2)cc1. The van der Waals surface area contributed by atoms with E-state index in [-0.39, 0.29) is 12.4 Å². The van der Waals surface area contributed by atoms with Crippen LogP contribution in [0.15, 0.2) is 60.4 Å². The normalized spacial score (nSPS) is 11.2. The Balaban J connectivity index is 1.95. The summed E-state index contributed by atoms with van der Waals surface area (Å²) < 4.78 is 23.1. The molecule has 0 saturated heterocycles. The van der Waals surface area contributed by atoms with Gasteiger partial charge in [-0.3, -0.25) is 4.79 Å². The first-order valence-corrected chi connectivity index (χ1v) is 7.83. The van der Waals surface area contributed by atoms with Crippen LogP contribution in [-0.2, 0) is 6.42 Å². The zero-order valence-electron chi connectivity index (χ0n) is 13.9. The molecule has 0 radical (unpaired) electrons. The lowest BCUT2D eigenvalue weighted by Gasteiger charge is -2.08. The third kappa shape index (κ3) is 4.95. The fourth-order valence-corrected chi connectivity index (χ4v) is 2.15. The number of methoxy groups -OCH3 is 1. The highest BCUT2D eigenvalue weighted by Crippen LogP contribution is 2.17. The quantitative estimate of drug-likeness (QED) is 0.655. The van der Waals surface area contributed by atoms with Crippen LogP contribution in [0.5, 0.6) is 11.5 Å². The molecule has 0 aliphatic heterocycles. The second-order valence-electron chi connectivity index (χ2n) is 5.38. The summed E-state index contributed by atoms with van der Waals surface area (Å²) in [6.07, 6.45) is 1.51. The van der Waals surface area contributed by atoms with Gasteiger partial charge in [-0.1, -0.05) is 19.1 Å². The molecule has 0 aliphatic rings. The van der Waals surface area contributed by atoms with E-state index in [1.165, 1.54) is 0 Å². The van der Waals surface area contributed by atoms with Gasteiger partial charge in [0.1, 0.15) is 18.1 Å². The van der Waals surface area contributed by atoms with Gasteiger partial charge >= 0.3 is 0 Å². The zero-order valence-corrected chi connectivity index (χ0v) is 13.9. The van der Waals surface area contributed by atoms with Crippen molar-refractivity contribution in [3.63, 3.8) is 0 Å². The van der Waals surface area contributed by atoms with Crippen LogP contribution < -0.4 is 9.47 Å². The monoisotopic (exact) mass is 328 g/mol. The molecule has 0 heterocycles. The second-order valence-corrected chi connectivity index (χ2v) is 5.38. The average Bonchev–Trinajstić information content (AvgIpc) is 2.63. The Morgan fingerprint density at radius 1 is 1.04 bits per heavy atom. The molecule has 126 valence electrons. The summed E-state index contributed by atoms with van der Waals surface area (Å²) in [5, 5.41) is 0. The molecule has 3 nitrogen and oxygen atoms in total. The summed E-state index contributed by atoms with van der Waals surface area (Å²) >= 11 is 0. The lowest BCUT2D eigenvalue weighted by molar-refractivity contribution is 0.0993. The van der Waals surface area contributed by atoms with Crippen molar-refractivity contribution >= 4 is 5.78 Å². The molecule has 0 aromatic heterocycles. The van der Waals surface area contributed by atoms with Gasteiger partial charge in [-0.2, -0.15) is 0 Å². The van der Waals surface area contributed by atoms with Crippen LogP contribution in [0.4, 0.5) is 4.39 Å². The Bertz CT molecular complexity index is 688. The van der Waals surface area contributed by atoms with Crippen molar-refractivity contribution in [1.82, 2.24) is 0 Å². The molecule has 0 fully saturated rings. The van der Waals surface area contributed by atoms with Crippen molar-refractivity contribution in [2.45, 2.75) is 19.8 Å². The molecule has 4 heteroatoms. The summed E-state index contributed by atoms with van der Waals surface area (Å²) in [5.41, 5.74) is 2.14. The molecule has 24 heavy (non-hydrogen) atoms. The average molecular weight is 328 g/mol. The summed E-state index contributed by atoms with van der Waals surface area (Å²) in [4.78, 5) is 12.3. The topological polar surface area (TPSA) is 35.5 Å². The maximum Gasteiger partial charge on any atom is 0.167 e. The third-order valence-electron chi connectivity index (χ3n) is 3.73. The largest absolute Gasteiger partial charge is 0.497 e. The standard InChI is InChI=1S/C20H21FO3/c1-3-15(13-21)14-24-19-10-6-17(7-11-19)20(22)12-16-4-8-18(23-2)9-5-16/h4-11,13H,3,12,14H2,1-2H3. The lowest BCUT2D eigenvalue weighted by Crippen LogP contribution is -2.04. The Kier molecular flexibility index (Phi) is 6.55. The molecule has 2 aromatic rings. The number of carbonyl (C=O) groups excluding carboxylic acids is 1. The molecule has 0 atom stereocenters. The highest BCUT2D eigenvalue weighted by molar-refractivity contribution is 5.97. The van der Waals surface area contributed by atoms with E-state index in [0.29, 0.717) is 36.1 Å². The number of rotatable bonds is 8. The highest BCUT2D eigenvalue weighted by atomic mass is 19.1. The molecule has 0 aliphatic carbocycles. The van der Waals surface area contributed by atoms with Crippen LogP contribution in [0.1, 0.15) is 29.3 Å². The van der Waals surface area contributed by atoms with Gasteiger partial charge in [-0.05, 0) is 54.0 Å². The van der Waals surface area contributed by atoms with E-state index in [1.54, 1.807) is 31.4 Å². The molecular formula is C20H21FO3. The Labute approximate surface area is 141 Å². The molecule has 0 N–H and O–H groups in total. The van der Waals surface area contributed by atoms with Crippen molar-refractivity contribution in [2.75, 3.05) is 13.7 Å². The van der Waals surface area contributed by atoms with E-state index < -0.39 is 0 Å². The van der Waals surface area contributed by atoms with Crippen LogP contribution in [0.25, 0.3) is 0 Å². The van der Waals surface area contributed by atoms with E-state index >= 15 is 0 Å².